The van der Waals surface area contributed by atoms with E-state index in [9.17, 15) is 25.2 Å². The summed E-state index contributed by atoms with van der Waals surface area (Å²) >= 11 is 13.4. The largest absolute Gasteiger partial charge is 0.490 e. The van der Waals surface area contributed by atoms with Gasteiger partial charge in [0.15, 0.2) is 0 Å². The highest BCUT2D eigenvalue weighted by Crippen LogP contribution is 2.50. The topological polar surface area (TPSA) is 164 Å². The highest BCUT2D eigenvalue weighted by atomic mass is 35.5. The molecule has 0 saturated heterocycles. The van der Waals surface area contributed by atoms with Gasteiger partial charge in [-0.05, 0) is 91.5 Å². The van der Waals surface area contributed by atoms with Crippen molar-refractivity contribution in [3.05, 3.63) is 81.6 Å². The summed E-state index contributed by atoms with van der Waals surface area (Å²) in [6, 6.07) is 14.0. The smallest absolute Gasteiger partial charge is 0.220 e. The van der Waals surface area contributed by atoms with Gasteiger partial charge >= 0.3 is 0 Å². The Morgan fingerprint density at radius 3 is 2.38 bits per heavy atom. The predicted molar refractivity (Wildman–Crippen MR) is 179 cm³/mol. The molecule has 1 amide bonds. The van der Waals surface area contributed by atoms with Gasteiger partial charge in [0.2, 0.25) is 5.91 Å². The summed E-state index contributed by atoms with van der Waals surface area (Å²) in [5.41, 5.74) is 4.88. The van der Waals surface area contributed by atoms with Gasteiger partial charge < -0.3 is 40.9 Å². The van der Waals surface area contributed by atoms with Crippen LogP contribution in [0.3, 0.4) is 0 Å². The second-order valence-corrected chi connectivity index (χ2v) is 13.3. The number of benzene rings is 2. The number of para-hydroxylation sites is 1. The first-order valence-corrected chi connectivity index (χ1v) is 16.9. The molecule has 10 nitrogen and oxygen atoms in total. The van der Waals surface area contributed by atoms with Gasteiger partial charge in [-0.15, -0.1) is 0 Å². The van der Waals surface area contributed by atoms with E-state index in [2.05, 4.69) is 27.8 Å². The molecule has 2 aromatic carbocycles. The van der Waals surface area contributed by atoms with Crippen LogP contribution in [0.2, 0.25) is 10.0 Å². The van der Waals surface area contributed by atoms with E-state index in [-0.39, 0.29) is 24.4 Å². The second kappa shape index (κ2) is 16.1. The minimum absolute atomic E-state index is 0.188. The summed E-state index contributed by atoms with van der Waals surface area (Å²) in [7, 11) is 0. The van der Waals surface area contributed by atoms with E-state index in [4.69, 9.17) is 33.0 Å². The molecule has 4 atom stereocenters. The number of hydrogen-bond acceptors (Lipinski definition) is 9. The van der Waals surface area contributed by atoms with E-state index < -0.39 is 31.0 Å². The normalized spacial score (nSPS) is 17.9. The molecule has 1 heterocycles. The number of pyridine rings is 1. The molecule has 1 aromatic heterocycles. The number of nitrogens with zero attached hydrogens (tertiary/aromatic N) is 1. The number of aliphatic hydroxyl groups is 5. The number of aryl methyl sites for hydroxylation is 1. The summed E-state index contributed by atoms with van der Waals surface area (Å²) < 4.78 is 6.23. The first-order valence-electron chi connectivity index (χ1n) is 16.1. The van der Waals surface area contributed by atoms with Crippen molar-refractivity contribution in [1.82, 2.24) is 15.6 Å². The van der Waals surface area contributed by atoms with Gasteiger partial charge in [0.25, 0.3) is 0 Å². The highest BCUT2D eigenvalue weighted by Gasteiger charge is 2.46. The third-order valence-corrected chi connectivity index (χ3v) is 9.55. The van der Waals surface area contributed by atoms with Crippen molar-refractivity contribution in [2.24, 2.45) is 0 Å². The van der Waals surface area contributed by atoms with Crippen LogP contribution in [0.25, 0.3) is 11.1 Å². The Labute approximate surface area is 284 Å². The van der Waals surface area contributed by atoms with Crippen LogP contribution in [0.1, 0.15) is 61.6 Å². The molecular weight excluding hydrogens is 645 g/mol. The molecule has 2 saturated carbocycles. The van der Waals surface area contributed by atoms with Crippen LogP contribution in [-0.2, 0) is 23.3 Å². The highest BCUT2D eigenvalue weighted by molar-refractivity contribution is 6.34. The number of aromatic nitrogens is 1. The molecule has 2 fully saturated rings. The number of nitrogens with one attached hydrogen (secondary N) is 2. The number of rotatable bonds is 18. The van der Waals surface area contributed by atoms with Gasteiger partial charge in [-0.3, -0.25) is 9.78 Å². The molecule has 254 valence electrons. The summed E-state index contributed by atoms with van der Waals surface area (Å²) in [4.78, 5) is 16.7. The monoisotopic (exact) mass is 687 g/mol. The Morgan fingerprint density at radius 1 is 0.957 bits per heavy atom. The van der Waals surface area contributed by atoms with Gasteiger partial charge in [-0.1, -0.05) is 41.4 Å². The Hall–Kier alpha value is -2.80. The van der Waals surface area contributed by atoms with E-state index in [0.29, 0.717) is 42.0 Å². The molecule has 0 radical (unpaired) electrons. The molecule has 12 heteroatoms. The summed E-state index contributed by atoms with van der Waals surface area (Å²) in [5.74, 6) is 0.569. The van der Waals surface area contributed by atoms with Crippen molar-refractivity contribution in [3.8, 4) is 16.9 Å². The number of aliphatic hydroxyl groups excluding tert-OH is 5. The van der Waals surface area contributed by atoms with Crippen LogP contribution in [-0.4, -0.2) is 80.1 Å². The van der Waals surface area contributed by atoms with Crippen molar-refractivity contribution in [2.75, 3.05) is 13.2 Å². The molecular formula is C35H43Cl2N3O7. The quantitative estimate of drug-likeness (QED) is 0.0989. The number of ether oxygens (including phenoxy) is 1. The van der Waals surface area contributed by atoms with Gasteiger partial charge in [-0.25, -0.2) is 0 Å². The maximum absolute atomic E-state index is 12.2. The van der Waals surface area contributed by atoms with Crippen molar-refractivity contribution >= 4 is 29.1 Å². The van der Waals surface area contributed by atoms with Crippen LogP contribution in [0.15, 0.2) is 54.9 Å². The molecule has 7 N–H and O–H groups in total. The molecule has 4 unspecified atom stereocenters. The lowest BCUT2D eigenvalue weighted by molar-refractivity contribution is -0.126. The van der Waals surface area contributed by atoms with Crippen molar-refractivity contribution in [1.29, 1.82) is 0 Å². The molecule has 0 bridgehead atoms. The Morgan fingerprint density at radius 2 is 1.66 bits per heavy atom. The fourth-order valence-corrected chi connectivity index (χ4v) is 6.18. The zero-order chi connectivity index (χ0) is 33.6. The summed E-state index contributed by atoms with van der Waals surface area (Å²) in [5, 5.41) is 55.3. The standard InChI is InChI=1S/C35H43Cl2N3O7/c36-27-16-22(28(37)15-21(27)5-1-4-8-32(44)39-19-29(42)33(45)34(46)30(43)20-41)17-40-35(12-13-35)26-18-38-14-11-24(26)25-6-2-3-7-31(25)47-23-9-10-23/h2-3,6-7,11,14-16,18,23,29-30,33-34,40-43,45-46H,1,4-5,8-10,12-13,17,19-20H2,(H,39,44). The lowest BCUT2D eigenvalue weighted by Crippen LogP contribution is -2.49. The Bertz CT molecular complexity index is 1520. The van der Waals surface area contributed by atoms with Crippen molar-refractivity contribution in [2.45, 2.75) is 94.0 Å². The third-order valence-electron chi connectivity index (χ3n) is 8.85. The number of carbonyl (C=O) groups is 1. The van der Waals surface area contributed by atoms with Crippen LogP contribution in [0, 0.1) is 0 Å². The third kappa shape index (κ3) is 9.22. The van der Waals surface area contributed by atoms with E-state index in [0.717, 1.165) is 59.3 Å². The number of carbonyl (C=O) groups excluding carboxylic acids is 1. The number of halogens is 2. The van der Waals surface area contributed by atoms with E-state index >= 15 is 0 Å². The number of amides is 1. The molecule has 0 spiro atoms. The molecule has 47 heavy (non-hydrogen) atoms. The number of unbranched alkanes of at least 4 members (excludes halogenated alkanes) is 1. The van der Waals surface area contributed by atoms with Gasteiger partial charge in [0.05, 0.1) is 18.8 Å². The van der Waals surface area contributed by atoms with Crippen LogP contribution in [0.5, 0.6) is 5.75 Å². The average Bonchev–Trinajstić information content (AvgIpc) is 4.03. The first-order chi connectivity index (χ1) is 22.6. The van der Waals surface area contributed by atoms with Gasteiger partial charge in [0, 0.05) is 53.1 Å². The SMILES string of the molecule is O=C(CCCCc1cc(Cl)c(CNC2(c3cnccc3-c3ccccc3OC3CC3)CC2)cc1Cl)NCC(O)C(O)C(O)C(O)CO. The van der Waals surface area contributed by atoms with Gasteiger partial charge in [-0.2, -0.15) is 0 Å². The van der Waals surface area contributed by atoms with E-state index in [1.807, 2.05) is 42.7 Å². The first kappa shape index (κ1) is 35.5. The van der Waals surface area contributed by atoms with Crippen molar-refractivity contribution < 1.29 is 35.1 Å². The summed E-state index contributed by atoms with van der Waals surface area (Å²) in [6.07, 6.45) is 3.67. The Balaban J connectivity index is 1.12. The molecule has 3 aromatic rings. The molecule has 2 aliphatic carbocycles. The molecule has 5 rings (SSSR count). The number of hydrogen-bond donors (Lipinski definition) is 7. The Kier molecular flexibility index (Phi) is 12.1. The van der Waals surface area contributed by atoms with Crippen LogP contribution >= 0.6 is 23.2 Å². The van der Waals surface area contributed by atoms with Gasteiger partial charge in [0.1, 0.15) is 24.1 Å². The fourth-order valence-electron chi connectivity index (χ4n) is 5.65. The predicted octanol–water partition coefficient (Wildman–Crippen LogP) is 3.64. The zero-order valence-corrected chi connectivity index (χ0v) is 27.6. The van der Waals surface area contributed by atoms with Crippen LogP contribution < -0.4 is 15.4 Å². The zero-order valence-electron chi connectivity index (χ0n) is 26.1. The van der Waals surface area contributed by atoms with Crippen LogP contribution in [0.4, 0.5) is 0 Å². The van der Waals surface area contributed by atoms with E-state index in [1.165, 1.54) is 0 Å². The van der Waals surface area contributed by atoms with Crippen molar-refractivity contribution in [3.63, 3.8) is 0 Å². The van der Waals surface area contributed by atoms with E-state index in [1.54, 1.807) is 0 Å². The minimum atomic E-state index is -1.74. The maximum Gasteiger partial charge on any atom is 0.220 e. The second-order valence-electron chi connectivity index (χ2n) is 12.5. The molecule has 2 aliphatic rings. The lowest BCUT2D eigenvalue weighted by atomic mass is 9.94. The fraction of sp³-hybridized carbons (Fsp3) is 0.486. The maximum atomic E-state index is 12.2. The molecule has 0 aliphatic heterocycles. The summed E-state index contributed by atoms with van der Waals surface area (Å²) in [6.45, 7) is -0.547. The average molecular weight is 689 g/mol. The lowest BCUT2D eigenvalue weighted by Gasteiger charge is -2.25. The minimum Gasteiger partial charge on any atom is -0.490 e.